The van der Waals surface area contributed by atoms with Crippen LogP contribution in [0, 0.1) is 5.41 Å². The van der Waals surface area contributed by atoms with Gasteiger partial charge in [0.05, 0.1) is 6.33 Å². The van der Waals surface area contributed by atoms with Crippen LogP contribution in [-0.4, -0.2) is 43.5 Å². The van der Waals surface area contributed by atoms with Crippen LogP contribution in [0.2, 0.25) is 0 Å². The van der Waals surface area contributed by atoms with Crippen molar-refractivity contribution in [2.24, 2.45) is 5.41 Å². The molecule has 9 nitrogen and oxygen atoms in total. The Kier molecular flexibility index (Phi) is 7.13. The first-order valence-corrected chi connectivity index (χ1v) is 13.0. The standard InChI is InChI=1S/C31H31N5O4/c1-31(2,3)30(40)34-25(15-22-16-32-24-11-7-6-10-23(22)24)28(37)35-26-17-36(18-33-26)27(29(38)39)21-13-12-19-8-4-5-9-20(19)14-21/h4-14,16-18,25,27,32H,15H2,1-3H3,(H,34,40)(H,35,37)(H,38,39). The monoisotopic (exact) mass is 537 g/mol. The Morgan fingerprint density at radius 2 is 1.73 bits per heavy atom. The first kappa shape index (κ1) is 26.7. The molecule has 2 heterocycles. The summed E-state index contributed by atoms with van der Waals surface area (Å²) < 4.78 is 1.45. The Labute approximate surface area is 231 Å². The fourth-order valence-corrected chi connectivity index (χ4v) is 4.68. The molecule has 5 rings (SSSR count). The number of aromatic nitrogens is 3. The van der Waals surface area contributed by atoms with Crippen LogP contribution in [-0.2, 0) is 20.8 Å². The number of aliphatic carboxylic acids is 1. The summed E-state index contributed by atoms with van der Waals surface area (Å²) >= 11 is 0. The fraction of sp³-hybridized carbons (Fsp3) is 0.226. The topological polar surface area (TPSA) is 129 Å². The van der Waals surface area contributed by atoms with E-state index in [1.165, 1.54) is 17.1 Å². The number of nitrogens with one attached hydrogen (secondary N) is 3. The third kappa shape index (κ3) is 5.58. The average Bonchev–Trinajstić information content (AvgIpc) is 3.54. The van der Waals surface area contributed by atoms with E-state index in [4.69, 9.17) is 0 Å². The number of fused-ring (bicyclic) bond motifs is 2. The van der Waals surface area contributed by atoms with E-state index in [1.54, 1.807) is 26.8 Å². The number of carbonyl (C=O) groups excluding carboxylic acids is 2. The van der Waals surface area contributed by atoms with E-state index in [9.17, 15) is 19.5 Å². The summed E-state index contributed by atoms with van der Waals surface area (Å²) in [6, 6.07) is 19.0. The lowest BCUT2D eigenvalue weighted by atomic mass is 9.94. The molecule has 0 aliphatic rings. The zero-order valence-corrected chi connectivity index (χ0v) is 22.5. The Bertz CT molecular complexity index is 1710. The molecule has 204 valence electrons. The minimum Gasteiger partial charge on any atom is -0.479 e. The molecule has 0 radical (unpaired) electrons. The van der Waals surface area contributed by atoms with Crippen molar-refractivity contribution in [1.29, 1.82) is 0 Å². The van der Waals surface area contributed by atoms with E-state index in [2.05, 4.69) is 20.6 Å². The van der Waals surface area contributed by atoms with E-state index >= 15 is 0 Å². The number of anilines is 1. The summed E-state index contributed by atoms with van der Waals surface area (Å²) in [5.74, 6) is -1.59. The zero-order chi connectivity index (χ0) is 28.4. The van der Waals surface area contributed by atoms with Gasteiger partial charge in [0.1, 0.15) is 6.04 Å². The van der Waals surface area contributed by atoms with E-state index in [1.807, 2.05) is 66.9 Å². The highest BCUT2D eigenvalue weighted by molar-refractivity contribution is 5.98. The van der Waals surface area contributed by atoms with Gasteiger partial charge in [-0.25, -0.2) is 9.78 Å². The molecule has 0 bridgehead atoms. The number of rotatable bonds is 8. The highest BCUT2D eigenvalue weighted by Crippen LogP contribution is 2.25. The van der Waals surface area contributed by atoms with E-state index in [0.717, 1.165) is 27.2 Å². The number of nitrogens with zero attached hydrogens (tertiary/aromatic N) is 2. The van der Waals surface area contributed by atoms with Gasteiger partial charge in [0.25, 0.3) is 0 Å². The average molecular weight is 538 g/mol. The van der Waals surface area contributed by atoms with Crippen molar-refractivity contribution in [3.8, 4) is 0 Å². The van der Waals surface area contributed by atoms with Crippen molar-refractivity contribution >= 4 is 45.3 Å². The maximum atomic E-state index is 13.5. The lowest BCUT2D eigenvalue weighted by molar-refractivity contribution is -0.139. The van der Waals surface area contributed by atoms with E-state index in [0.29, 0.717) is 5.56 Å². The van der Waals surface area contributed by atoms with E-state index < -0.39 is 29.4 Å². The molecule has 2 unspecified atom stereocenters. The summed E-state index contributed by atoms with van der Waals surface area (Å²) in [5.41, 5.74) is 1.70. The number of para-hydroxylation sites is 1. The van der Waals surface area contributed by atoms with Gasteiger partial charge in [0.15, 0.2) is 11.9 Å². The van der Waals surface area contributed by atoms with Gasteiger partial charge in [-0.1, -0.05) is 75.4 Å². The van der Waals surface area contributed by atoms with Gasteiger partial charge in [-0.15, -0.1) is 0 Å². The SMILES string of the molecule is CC(C)(C)C(=O)NC(Cc1c[nH]c2ccccc12)C(=O)Nc1cn(C(C(=O)O)c2ccc3ccccc3c2)cn1. The van der Waals surface area contributed by atoms with Crippen molar-refractivity contribution in [3.63, 3.8) is 0 Å². The zero-order valence-electron chi connectivity index (χ0n) is 22.5. The predicted octanol–water partition coefficient (Wildman–Crippen LogP) is 4.90. The lowest BCUT2D eigenvalue weighted by Gasteiger charge is -2.23. The van der Waals surface area contributed by atoms with Crippen LogP contribution >= 0.6 is 0 Å². The van der Waals surface area contributed by atoms with Crippen molar-refractivity contribution < 1.29 is 19.5 Å². The third-order valence-corrected chi connectivity index (χ3v) is 6.88. The van der Waals surface area contributed by atoms with Gasteiger partial charge in [0.2, 0.25) is 11.8 Å². The molecule has 3 aromatic carbocycles. The van der Waals surface area contributed by atoms with Crippen LogP contribution < -0.4 is 10.6 Å². The maximum Gasteiger partial charge on any atom is 0.331 e. The highest BCUT2D eigenvalue weighted by atomic mass is 16.4. The van der Waals surface area contributed by atoms with Gasteiger partial charge < -0.3 is 25.3 Å². The Hall–Kier alpha value is -4.92. The van der Waals surface area contributed by atoms with Crippen molar-refractivity contribution in [1.82, 2.24) is 19.9 Å². The summed E-state index contributed by atoms with van der Waals surface area (Å²) in [6.07, 6.45) is 4.96. The molecule has 0 spiro atoms. The first-order valence-electron chi connectivity index (χ1n) is 13.0. The van der Waals surface area contributed by atoms with Gasteiger partial charge in [-0.2, -0.15) is 0 Å². The van der Waals surface area contributed by atoms with Crippen molar-refractivity contribution in [2.45, 2.75) is 39.3 Å². The number of hydrogen-bond donors (Lipinski definition) is 4. The van der Waals surface area contributed by atoms with Gasteiger partial charge in [-0.05, 0) is 34.0 Å². The quantitative estimate of drug-likeness (QED) is 0.224. The van der Waals surface area contributed by atoms with Crippen LogP contribution in [0.4, 0.5) is 5.82 Å². The van der Waals surface area contributed by atoms with E-state index in [-0.39, 0.29) is 18.1 Å². The minimum absolute atomic E-state index is 0.186. The summed E-state index contributed by atoms with van der Waals surface area (Å²) in [6.45, 7) is 5.34. The van der Waals surface area contributed by atoms with Crippen LogP contribution in [0.15, 0.2) is 85.5 Å². The number of carbonyl (C=O) groups is 3. The molecule has 5 aromatic rings. The lowest BCUT2D eigenvalue weighted by Crippen LogP contribution is -2.49. The second-order valence-electron chi connectivity index (χ2n) is 10.9. The van der Waals surface area contributed by atoms with Gasteiger partial charge >= 0.3 is 5.97 Å². The number of carboxylic acids is 1. The molecule has 40 heavy (non-hydrogen) atoms. The van der Waals surface area contributed by atoms with Crippen LogP contribution in [0.5, 0.6) is 0 Å². The normalized spacial score (nSPS) is 13.2. The number of H-pyrrole nitrogens is 1. The molecule has 4 N–H and O–H groups in total. The molecular weight excluding hydrogens is 506 g/mol. The number of aromatic amines is 1. The number of amides is 2. The summed E-state index contributed by atoms with van der Waals surface area (Å²) in [5, 5.41) is 18.6. The van der Waals surface area contributed by atoms with Crippen LogP contribution in [0.1, 0.15) is 37.9 Å². The molecule has 0 saturated carbocycles. The minimum atomic E-state index is -1.06. The third-order valence-electron chi connectivity index (χ3n) is 6.88. The largest absolute Gasteiger partial charge is 0.479 e. The van der Waals surface area contributed by atoms with Crippen LogP contribution in [0.3, 0.4) is 0 Å². The number of hydrogen-bond acceptors (Lipinski definition) is 4. The second-order valence-corrected chi connectivity index (χ2v) is 10.9. The highest BCUT2D eigenvalue weighted by Gasteiger charge is 2.29. The maximum absolute atomic E-state index is 13.5. The summed E-state index contributed by atoms with van der Waals surface area (Å²) in [4.78, 5) is 46.1. The number of imidazole rings is 1. The Morgan fingerprint density at radius 3 is 2.48 bits per heavy atom. The van der Waals surface area contributed by atoms with Crippen molar-refractivity contribution in [3.05, 3.63) is 96.6 Å². The number of benzene rings is 3. The first-order chi connectivity index (χ1) is 19.1. The van der Waals surface area contributed by atoms with Crippen molar-refractivity contribution in [2.75, 3.05) is 5.32 Å². The fourth-order valence-electron chi connectivity index (χ4n) is 4.68. The molecule has 2 amide bonds. The molecule has 0 aliphatic carbocycles. The molecule has 0 fully saturated rings. The second kappa shape index (κ2) is 10.7. The Balaban J connectivity index is 1.39. The molecule has 9 heteroatoms. The molecular formula is C31H31N5O4. The smallest absolute Gasteiger partial charge is 0.331 e. The molecule has 0 aliphatic heterocycles. The molecule has 0 saturated heterocycles. The van der Waals surface area contributed by atoms with Gasteiger partial charge in [-0.3, -0.25) is 9.59 Å². The van der Waals surface area contributed by atoms with Gasteiger partial charge in [0, 0.05) is 35.1 Å². The van der Waals surface area contributed by atoms with Crippen LogP contribution in [0.25, 0.3) is 21.7 Å². The molecule has 2 aromatic heterocycles. The number of carboxylic acid groups (broad SMARTS) is 1. The summed E-state index contributed by atoms with van der Waals surface area (Å²) in [7, 11) is 0. The predicted molar refractivity (Wildman–Crippen MR) is 154 cm³/mol. The Morgan fingerprint density at radius 1 is 1.00 bits per heavy atom. The molecule has 2 atom stereocenters.